The van der Waals surface area contributed by atoms with Gasteiger partial charge < -0.3 is 4.74 Å². The van der Waals surface area contributed by atoms with Gasteiger partial charge in [0.25, 0.3) is 0 Å². The van der Waals surface area contributed by atoms with Crippen molar-refractivity contribution in [2.45, 2.75) is 39.7 Å². The van der Waals surface area contributed by atoms with Gasteiger partial charge in [-0.3, -0.25) is 0 Å². The number of rotatable bonds is 1. The fourth-order valence-electron chi connectivity index (χ4n) is 1.88. The molecule has 2 nitrogen and oxygen atoms in total. The molecule has 0 aromatic carbocycles. The Balaban J connectivity index is 2.05. The first-order valence-electron chi connectivity index (χ1n) is 5.44. The lowest BCUT2D eigenvalue weighted by Gasteiger charge is -2.21. The molecule has 0 aromatic heterocycles. The average Bonchev–Trinajstić information content (AvgIpc) is 2.73. The minimum atomic E-state index is 0.226. The van der Waals surface area contributed by atoms with Crippen molar-refractivity contribution >= 4 is 5.90 Å². The third-order valence-corrected chi connectivity index (χ3v) is 3.00. The molecule has 0 radical (unpaired) electrons. The fraction of sp³-hybridized carbons (Fsp3) is 0.750. The van der Waals surface area contributed by atoms with Gasteiger partial charge in [0.05, 0.1) is 12.0 Å². The molecule has 0 aromatic rings. The first-order chi connectivity index (χ1) is 6.57. The van der Waals surface area contributed by atoms with E-state index in [0.29, 0.717) is 12.0 Å². The Kier molecular flexibility index (Phi) is 2.38. The van der Waals surface area contributed by atoms with Crippen LogP contribution in [0.2, 0.25) is 0 Å². The second kappa shape index (κ2) is 3.41. The highest BCUT2D eigenvalue weighted by Crippen LogP contribution is 2.29. The third kappa shape index (κ3) is 1.84. The molecule has 0 N–H and O–H groups in total. The van der Waals surface area contributed by atoms with Crippen molar-refractivity contribution in [1.82, 2.24) is 0 Å². The molecule has 78 valence electrons. The van der Waals surface area contributed by atoms with Crippen LogP contribution in [0.4, 0.5) is 0 Å². The zero-order chi connectivity index (χ0) is 10.2. The van der Waals surface area contributed by atoms with Crippen LogP contribution in [0.3, 0.4) is 0 Å². The normalized spacial score (nSPS) is 31.8. The molecule has 0 fully saturated rings. The average molecular weight is 193 g/mol. The number of hydrogen-bond donors (Lipinski definition) is 0. The summed E-state index contributed by atoms with van der Waals surface area (Å²) in [7, 11) is 0. The highest BCUT2D eigenvalue weighted by molar-refractivity contribution is 5.82. The summed E-state index contributed by atoms with van der Waals surface area (Å²) in [4.78, 5) is 4.68. The summed E-state index contributed by atoms with van der Waals surface area (Å²) in [5.74, 6) is 1.43. The Labute approximate surface area is 86.1 Å². The number of nitrogens with zero attached hydrogens (tertiary/aromatic N) is 1. The fourth-order valence-corrected chi connectivity index (χ4v) is 1.88. The molecular weight excluding hydrogens is 174 g/mol. The monoisotopic (exact) mass is 193 g/mol. The molecular formula is C12H19NO. The summed E-state index contributed by atoms with van der Waals surface area (Å²) >= 11 is 0. The van der Waals surface area contributed by atoms with Crippen molar-refractivity contribution in [3.05, 3.63) is 12.2 Å². The van der Waals surface area contributed by atoms with Gasteiger partial charge in [0, 0.05) is 0 Å². The molecule has 1 aliphatic carbocycles. The standard InChI is InChI=1S/C12H19NO/c1-12(2,3)10-8-14-11(13-10)9-6-4-5-7-9/h4,6,9-10H,5,7-8H2,1-3H3/t9?,10-/m0/s1. The summed E-state index contributed by atoms with van der Waals surface area (Å²) < 4.78 is 5.67. The predicted molar refractivity (Wildman–Crippen MR) is 58.5 cm³/mol. The van der Waals surface area contributed by atoms with Crippen molar-refractivity contribution in [2.75, 3.05) is 6.61 Å². The summed E-state index contributed by atoms with van der Waals surface area (Å²) in [5.41, 5.74) is 0.226. The molecule has 0 amide bonds. The van der Waals surface area contributed by atoms with Gasteiger partial charge in [0.15, 0.2) is 5.90 Å². The molecule has 0 bridgehead atoms. The van der Waals surface area contributed by atoms with Gasteiger partial charge in [-0.1, -0.05) is 32.9 Å². The van der Waals surface area contributed by atoms with Crippen LogP contribution in [0, 0.1) is 11.3 Å². The van der Waals surface area contributed by atoms with E-state index in [1.807, 2.05) is 0 Å². The molecule has 0 spiro atoms. The number of ether oxygens (including phenoxy) is 1. The van der Waals surface area contributed by atoms with Crippen LogP contribution < -0.4 is 0 Å². The van der Waals surface area contributed by atoms with E-state index >= 15 is 0 Å². The first-order valence-corrected chi connectivity index (χ1v) is 5.44. The molecule has 1 heterocycles. The zero-order valence-electron chi connectivity index (χ0n) is 9.29. The molecule has 1 aliphatic heterocycles. The largest absolute Gasteiger partial charge is 0.478 e. The molecule has 0 saturated heterocycles. The smallest absolute Gasteiger partial charge is 0.190 e. The van der Waals surface area contributed by atoms with Gasteiger partial charge >= 0.3 is 0 Å². The van der Waals surface area contributed by atoms with Crippen LogP contribution in [-0.2, 0) is 4.74 Å². The van der Waals surface area contributed by atoms with E-state index in [-0.39, 0.29) is 5.41 Å². The van der Waals surface area contributed by atoms with Crippen molar-refractivity contribution < 1.29 is 4.74 Å². The molecule has 0 saturated carbocycles. The zero-order valence-corrected chi connectivity index (χ0v) is 9.29. The predicted octanol–water partition coefficient (Wildman–Crippen LogP) is 2.80. The van der Waals surface area contributed by atoms with Crippen LogP contribution >= 0.6 is 0 Å². The minimum Gasteiger partial charge on any atom is -0.478 e. The van der Waals surface area contributed by atoms with E-state index in [1.54, 1.807) is 0 Å². The Hall–Kier alpha value is -0.790. The van der Waals surface area contributed by atoms with Crippen molar-refractivity contribution in [3.63, 3.8) is 0 Å². The molecule has 2 rings (SSSR count). The Morgan fingerprint density at radius 3 is 2.71 bits per heavy atom. The Morgan fingerprint density at radius 1 is 1.43 bits per heavy atom. The summed E-state index contributed by atoms with van der Waals surface area (Å²) in [5, 5.41) is 0. The second-order valence-corrected chi connectivity index (χ2v) is 5.27. The van der Waals surface area contributed by atoms with E-state index in [1.165, 1.54) is 12.8 Å². The van der Waals surface area contributed by atoms with Gasteiger partial charge in [-0.15, -0.1) is 0 Å². The maximum atomic E-state index is 5.67. The SMILES string of the molecule is CC(C)(C)[C@@H]1COC(C2C=CCC2)=N1. The summed E-state index contributed by atoms with van der Waals surface area (Å²) in [6.45, 7) is 7.43. The third-order valence-electron chi connectivity index (χ3n) is 3.00. The Bertz CT molecular complexity index is 273. The molecule has 14 heavy (non-hydrogen) atoms. The van der Waals surface area contributed by atoms with Crippen LogP contribution in [0.25, 0.3) is 0 Å². The summed E-state index contributed by atoms with van der Waals surface area (Å²) in [6.07, 6.45) is 6.80. The van der Waals surface area contributed by atoms with Gasteiger partial charge in [-0.2, -0.15) is 0 Å². The van der Waals surface area contributed by atoms with Crippen LogP contribution in [0.15, 0.2) is 17.1 Å². The number of allylic oxidation sites excluding steroid dienone is 1. The number of hydrogen-bond acceptors (Lipinski definition) is 2. The lowest BCUT2D eigenvalue weighted by atomic mass is 9.88. The topological polar surface area (TPSA) is 21.6 Å². The molecule has 2 aliphatic rings. The van der Waals surface area contributed by atoms with Gasteiger partial charge in [0.2, 0.25) is 0 Å². The molecule has 2 heteroatoms. The first kappa shape index (κ1) is 9.75. The number of aliphatic imine (C=N–C) groups is 1. The van der Waals surface area contributed by atoms with Gasteiger partial charge in [-0.05, 0) is 18.3 Å². The van der Waals surface area contributed by atoms with E-state index in [4.69, 9.17) is 4.74 Å². The maximum absolute atomic E-state index is 5.67. The lowest BCUT2D eigenvalue weighted by molar-refractivity contribution is 0.230. The van der Waals surface area contributed by atoms with E-state index < -0.39 is 0 Å². The van der Waals surface area contributed by atoms with E-state index in [9.17, 15) is 0 Å². The van der Waals surface area contributed by atoms with E-state index in [2.05, 4.69) is 37.9 Å². The highest BCUT2D eigenvalue weighted by atomic mass is 16.5. The minimum absolute atomic E-state index is 0.226. The van der Waals surface area contributed by atoms with Crippen LogP contribution in [0.5, 0.6) is 0 Å². The van der Waals surface area contributed by atoms with Crippen molar-refractivity contribution in [1.29, 1.82) is 0 Å². The van der Waals surface area contributed by atoms with Gasteiger partial charge in [-0.25, -0.2) is 4.99 Å². The van der Waals surface area contributed by atoms with Gasteiger partial charge in [0.1, 0.15) is 6.61 Å². The molecule has 1 unspecified atom stereocenters. The lowest BCUT2D eigenvalue weighted by Crippen LogP contribution is -2.25. The molecule has 2 atom stereocenters. The van der Waals surface area contributed by atoms with Crippen LogP contribution in [0.1, 0.15) is 33.6 Å². The van der Waals surface area contributed by atoms with Crippen molar-refractivity contribution in [2.24, 2.45) is 16.3 Å². The maximum Gasteiger partial charge on any atom is 0.190 e. The Morgan fingerprint density at radius 2 is 2.21 bits per heavy atom. The van der Waals surface area contributed by atoms with E-state index in [0.717, 1.165) is 12.5 Å². The van der Waals surface area contributed by atoms with Crippen molar-refractivity contribution in [3.8, 4) is 0 Å². The second-order valence-electron chi connectivity index (χ2n) is 5.27. The highest BCUT2D eigenvalue weighted by Gasteiger charge is 2.32. The quantitative estimate of drug-likeness (QED) is 0.587. The van der Waals surface area contributed by atoms with Crippen LogP contribution in [-0.4, -0.2) is 18.5 Å². The summed E-state index contributed by atoms with van der Waals surface area (Å²) in [6, 6.07) is 0.339.